The molecule has 0 aromatic heterocycles. The maximum atomic E-state index is 12.7. The van der Waals surface area contributed by atoms with E-state index in [-0.39, 0.29) is 5.91 Å². The van der Waals surface area contributed by atoms with Crippen molar-refractivity contribution >= 4 is 28.4 Å². The van der Waals surface area contributed by atoms with Gasteiger partial charge >= 0.3 is 0 Å². The Morgan fingerprint density at radius 2 is 1.77 bits per heavy atom. The van der Waals surface area contributed by atoms with Gasteiger partial charge in [-0.3, -0.25) is 10.2 Å². The minimum Gasteiger partial charge on any atom is -0.285 e. The van der Waals surface area contributed by atoms with Gasteiger partial charge in [-0.05, 0) is 36.1 Å². The van der Waals surface area contributed by atoms with Crippen molar-refractivity contribution in [3.8, 4) is 0 Å². The minimum atomic E-state index is -0.0808. The first-order valence-electron chi connectivity index (χ1n) is 9.22. The third kappa shape index (κ3) is 3.67. The normalized spacial score (nSPS) is 17.3. The van der Waals surface area contributed by atoms with Crippen LogP contribution >= 0.6 is 11.6 Å². The van der Waals surface area contributed by atoms with Gasteiger partial charge in [-0.2, -0.15) is 0 Å². The third-order valence-electron chi connectivity index (χ3n) is 5.05. The molecule has 0 atom stereocenters. The molecule has 4 nitrogen and oxygen atoms in total. The molecular formula is C21H22ClN3O. The lowest BCUT2D eigenvalue weighted by Crippen LogP contribution is -2.42. The molecular weight excluding hydrogens is 346 g/mol. The van der Waals surface area contributed by atoms with Crippen LogP contribution in [-0.4, -0.2) is 29.2 Å². The van der Waals surface area contributed by atoms with Crippen molar-refractivity contribution in [2.75, 3.05) is 13.1 Å². The zero-order valence-corrected chi connectivity index (χ0v) is 15.4. The summed E-state index contributed by atoms with van der Waals surface area (Å²) < 4.78 is 0. The van der Waals surface area contributed by atoms with E-state index in [4.69, 9.17) is 11.6 Å². The highest BCUT2D eigenvalue weighted by molar-refractivity contribution is 6.70. The average Bonchev–Trinajstić information content (AvgIpc) is 2.98. The van der Waals surface area contributed by atoms with Crippen molar-refractivity contribution in [1.82, 2.24) is 10.4 Å². The second-order valence-corrected chi connectivity index (χ2v) is 7.28. The predicted octanol–water partition coefficient (Wildman–Crippen LogP) is 4.43. The van der Waals surface area contributed by atoms with Crippen LogP contribution in [0.1, 0.15) is 52.7 Å². The van der Waals surface area contributed by atoms with Crippen molar-refractivity contribution in [2.24, 2.45) is 4.99 Å². The summed E-state index contributed by atoms with van der Waals surface area (Å²) in [5.74, 6) is -0.0808. The molecule has 1 fully saturated rings. The molecule has 0 saturated carbocycles. The summed E-state index contributed by atoms with van der Waals surface area (Å²) in [5.41, 5.74) is 7.63. The van der Waals surface area contributed by atoms with Crippen LogP contribution in [0.5, 0.6) is 0 Å². The maximum Gasteiger partial charge on any atom is 0.265 e. The number of aliphatic imine (C=N–C) groups is 1. The van der Waals surface area contributed by atoms with E-state index in [9.17, 15) is 4.79 Å². The lowest BCUT2D eigenvalue weighted by molar-refractivity contribution is 0.0794. The summed E-state index contributed by atoms with van der Waals surface area (Å²) in [6.07, 6.45) is 5.49. The Balaban J connectivity index is 1.58. The lowest BCUT2D eigenvalue weighted by atomic mass is 9.99. The van der Waals surface area contributed by atoms with E-state index >= 15 is 0 Å². The van der Waals surface area contributed by atoms with Crippen LogP contribution in [0.25, 0.3) is 0 Å². The first-order valence-corrected chi connectivity index (χ1v) is 9.60. The van der Waals surface area contributed by atoms with Gasteiger partial charge < -0.3 is 0 Å². The van der Waals surface area contributed by atoms with E-state index in [1.165, 1.54) is 12.8 Å². The SMILES string of the molecule is O=C(NN1CCCCCC1)c1ccc2c(c1)N=C(Cl)c1ccccc1C2. The van der Waals surface area contributed by atoms with E-state index < -0.39 is 0 Å². The molecule has 0 bridgehead atoms. The standard InChI is InChI=1S/C21H22ClN3O/c22-20-18-8-4-3-7-15(18)13-16-9-10-17(14-19(16)23-20)21(26)24-25-11-5-1-2-6-12-25/h3-4,7-10,14H,1-2,5-6,11-13H2,(H,24,26). The Labute approximate surface area is 158 Å². The van der Waals surface area contributed by atoms with Gasteiger partial charge in [0.25, 0.3) is 5.91 Å². The highest BCUT2D eigenvalue weighted by Crippen LogP contribution is 2.30. The van der Waals surface area contributed by atoms with E-state index in [1.54, 1.807) is 0 Å². The summed E-state index contributed by atoms with van der Waals surface area (Å²) in [6, 6.07) is 13.7. The van der Waals surface area contributed by atoms with Crippen LogP contribution in [0.4, 0.5) is 5.69 Å². The molecule has 0 spiro atoms. The van der Waals surface area contributed by atoms with Crippen molar-refractivity contribution in [3.05, 3.63) is 64.7 Å². The first-order chi connectivity index (χ1) is 12.7. The molecule has 134 valence electrons. The van der Waals surface area contributed by atoms with Gasteiger partial charge in [-0.25, -0.2) is 10.0 Å². The molecule has 1 N–H and O–H groups in total. The second-order valence-electron chi connectivity index (χ2n) is 6.92. The number of hydrazine groups is 1. The molecule has 5 heteroatoms. The molecule has 0 aliphatic carbocycles. The molecule has 0 unspecified atom stereocenters. The number of rotatable bonds is 2. The summed E-state index contributed by atoms with van der Waals surface area (Å²) >= 11 is 6.43. The summed E-state index contributed by atoms with van der Waals surface area (Å²) in [5, 5.41) is 2.51. The van der Waals surface area contributed by atoms with E-state index in [1.807, 2.05) is 41.4 Å². The lowest BCUT2D eigenvalue weighted by Gasteiger charge is -2.21. The molecule has 26 heavy (non-hydrogen) atoms. The fourth-order valence-electron chi connectivity index (χ4n) is 3.60. The summed E-state index contributed by atoms with van der Waals surface area (Å²) in [4.78, 5) is 17.2. The average molecular weight is 368 g/mol. The number of nitrogens with zero attached hydrogens (tertiary/aromatic N) is 2. The molecule has 2 aromatic rings. The van der Waals surface area contributed by atoms with Crippen molar-refractivity contribution in [2.45, 2.75) is 32.1 Å². The number of carbonyl (C=O) groups is 1. The van der Waals surface area contributed by atoms with Crippen LogP contribution in [0.3, 0.4) is 0 Å². The fourth-order valence-corrected chi connectivity index (χ4v) is 3.87. The fraction of sp³-hybridized carbons (Fsp3) is 0.333. The Hall–Kier alpha value is -2.17. The maximum absolute atomic E-state index is 12.7. The Kier molecular flexibility index (Phi) is 5.05. The molecule has 4 rings (SSSR count). The number of fused-ring (bicyclic) bond motifs is 2. The van der Waals surface area contributed by atoms with Gasteiger partial charge in [0, 0.05) is 30.6 Å². The topological polar surface area (TPSA) is 44.7 Å². The van der Waals surface area contributed by atoms with Crippen molar-refractivity contribution < 1.29 is 4.79 Å². The van der Waals surface area contributed by atoms with Crippen molar-refractivity contribution in [3.63, 3.8) is 0 Å². The quantitative estimate of drug-likeness (QED) is 0.853. The monoisotopic (exact) mass is 367 g/mol. The Bertz CT molecular complexity index is 854. The van der Waals surface area contributed by atoms with Crippen LogP contribution in [0, 0.1) is 0 Å². The smallest absolute Gasteiger partial charge is 0.265 e. The number of halogens is 1. The largest absolute Gasteiger partial charge is 0.285 e. The number of hydrogen-bond acceptors (Lipinski definition) is 3. The highest BCUT2D eigenvalue weighted by Gasteiger charge is 2.18. The van der Waals surface area contributed by atoms with Crippen LogP contribution < -0.4 is 5.43 Å². The van der Waals surface area contributed by atoms with Gasteiger partial charge in [-0.1, -0.05) is 54.8 Å². The van der Waals surface area contributed by atoms with E-state index in [0.29, 0.717) is 10.7 Å². The van der Waals surface area contributed by atoms with Gasteiger partial charge in [-0.15, -0.1) is 0 Å². The molecule has 0 radical (unpaired) electrons. The molecule has 2 heterocycles. The van der Waals surface area contributed by atoms with Crippen LogP contribution in [0.2, 0.25) is 0 Å². The van der Waals surface area contributed by atoms with E-state index in [0.717, 1.165) is 54.7 Å². The molecule has 2 aliphatic heterocycles. The summed E-state index contributed by atoms with van der Waals surface area (Å²) in [6.45, 7) is 1.83. The third-order valence-corrected chi connectivity index (χ3v) is 5.34. The molecule has 2 aliphatic rings. The molecule has 1 amide bonds. The Morgan fingerprint density at radius 1 is 1.00 bits per heavy atom. The Morgan fingerprint density at radius 3 is 2.58 bits per heavy atom. The first kappa shape index (κ1) is 17.3. The van der Waals surface area contributed by atoms with Crippen LogP contribution in [-0.2, 0) is 6.42 Å². The predicted molar refractivity (Wildman–Crippen MR) is 105 cm³/mol. The molecule has 1 saturated heterocycles. The van der Waals surface area contributed by atoms with Gasteiger partial charge in [0.15, 0.2) is 0 Å². The van der Waals surface area contributed by atoms with E-state index in [2.05, 4.69) is 16.5 Å². The zero-order valence-electron chi connectivity index (χ0n) is 14.7. The molecule has 2 aromatic carbocycles. The number of benzene rings is 2. The van der Waals surface area contributed by atoms with Gasteiger partial charge in [0.05, 0.1) is 5.69 Å². The second kappa shape index (κ2) is 7.60. The van der Waals surface area contributed by atoms with Crippen LogP contribution in [0.15, 0.2) is 47.5 Å². The zero-order chi connectivity index (χ0) is 17.9. The minimum absolute atomic E-state index is 0.0808. The number of carbonyl (C=O) groups excluding carboxylic acids is 1. The summed E-state index contributed by atoms with van der Waals surface area (Å²) in [7, 11) is 0. The number of nitrogens with one attached hydrogen (secondary N) is 1. The van der Waals surface area contributed by atoms with Crippen molar-refractivity contribution in [1.29, 1.82) is 0 Å². The number of hydrogen-bond donors (Lipinski definition) is 1. The number of amides is 1. The van der Waals surface area contributed by atoms with Gasteiger partial charge in [0.1, 0.15) is 5.17 Å². The van der Waals surface area contributed by atoms with Gasteiger partial charge in [0.2, 0.25) is 0 Å². The highest BCUT2D eigenvalue weighted by atomic mass is 35.5.